The van der Waals surface area contributed by atoms with Crippen LogP contribution in [0.3, 0.4) is 0 Å². The van der Waals surface area contributed by atoms with E-state index in [2.05, 4.69) is 4.90 Å². The van der Waals surface area contributed by atoms with Crippen molar-refractivity contribution in [2.45, 2.75) is 13.8 Å². The standard InChI is InChI=1S/C19H22N2O5/c1-14(2)19(23)26-25-16-6-3-5-15(13-16)20-8-10-21(11-9-20)18(22)17-7-4-12-24-17/h3-7,12-14H,8-11H2,1-2H3. The minimum Gasteiger partial charge on any atom is -0.459 e. The molecule has 0 N–H and O–H groups in total. The Morgan fingerprint density at radius 3 is 2.50 bits per heavy atom. The van der Waals surface area contributed by atoms with Gasteiger partial charge in [-0.2, -0.15) is 0 Å². The fraction of sp³-hybridized carbons (Fsp3) is 0.368. The van der Waals surface area contributed by atoms with Gasteiger partial charge in [-0.05, 0) is 24.3 Å². The summed E-state index contributed by atoms with van der Waals surface area (Å²) >= 11 is 0. The predicted octanol–water partition coefficient (Wildman–Crippen LogP) is 2.74. The van der Waals surface area contributed by atoms with Gasteiger partial charge in [-0.3, -0.25) is 14.6 Å². The molecule has 7 nitrogen and oxygen atoms in total. The van der Waals surface area contributed by atoms with Gasteiger partial charge in [-0.1, -0.05) is 19.9 Å². The third-order valence-electron chi connectivity index (χ3n) is 4.17. The lowest BCUT2D eigenvalue weighted by Gasteiger charge is -2.35. The molecule has 0 atom stereocenters. The number of rotatable bonds is 5. The van der Waals surface area contributed by atoms with Crippen molar-refractivity contribution in [1.29, 1.82) is 0 Å². The fourth-order valence-electron chi connectivity index (χ4n) is 2.64. The highest BCUT2D eigenvalue weighted by molar-refractivity contribution is 5.91. The normalized spacial score (nSPS) is 14.4. The molecule has 0 radical (unpaired) electrons. The van der Waals surface area contributed by atoms with Gasteiger partial charge in [0.1, 0.15) is 0 Å². The molecule has 1 aliphatic rings. The average Bonchev–Trinajstić information content (AvgIpc) is 3.20. The second-order valence-electron chi connectivity index (χ2n) is 6.39. The van der Waals surface area contributed by atoms with Crippen molar-refractivity contribution >= 4 is 17.6 Å². The minimum absolute atomic E-state index is 0.0904. The van der Waals surface area contributed by atoms with Crippen molar-refractivity contribution in [3.63, 3.8) is 0 Å². The van der Waals surface area contributed by atoms with E-state index in [0.717, 1.165) is 5.69 Å². The molecule has 0 aliphatic carbocycles. The van der Waals surface area contributed by atoms with Gasteiger partial charge in [0, 0.05) is 37.9 Å². The first-order chi connectivity index (χ1) is 12.5. The van der Waals surface area contributed by atoms with Crippen molar-refractivity contribution < 1.29 is 23.8 Å². The summed E-state index contributed by atoms with van der Waals surface area (Å²) in [7, 11) is 0. The number of piperazine rings is 1. The summed E-state index contributed by atoms with van der Waals surface area (Å²) < 4.78 is 5.18. The quantitative estimate of drug-likeness (QED) is 0.604. The number of nitrogens with zero attached hydrogens (tertiary/aromatic N) is 2. The highest BCUT2D eigenvalue weighted by Gasteiger charge is 2.24. The highest BCUT2D eigenvalue weighted by Crippen LogP contribution is 2.23. The van der Waals surface area contributed by atoms with E-state index in [9.17, 15) is 9.59 Å². The van der Waals surface area contributed by atoms with Crippen LogP contribution in [0.15, 0.2) is 47.1 Å². The van der Waals surface area contributed by atoms with Gasteiger partial charge in [-0.15, -0.1) is 0 Å². The number of benzene rings is 1. The summed E-state index contributed by atoms with van der Waals surface area (Å²) in [5.74, 6) is 0.0668. The molecule has 1 aliphatic heterocycles. The highest BCUT2D eigenvalue weighted by atomic mass is 17.2. The summed E-state index contributed by atoms with van der Waals surface area (Å²) in [6.45, 7) is 6.08. The number of hydrogen-bond donors (Lipinski definition) is 0. The zero-order valence-electron chi connectivity index (χ0n) is 14.9. The van der Waals surface area contributed by atoms with E-state index >= 15 is 0 Å². The summed E-state index contributed by atoms with van der Waals surface area (Å²) in [5, 5.41) is 0. The zero-order valence-corrected chi connectivity index (χ0v) is 14.9. The van der Waals surface area contributed by atoms with Gasteiger partial charge in [0.05, 0.1) is 12.2 Å². The monoisotopic (exact) mass is 358 g/mol. The van der Waals surface area contributed by atoms with Crippen molar-refractivity contribution in [3.8, 4) is 5.75 Å². The van der Waals surface area contributed by atoms with Crippen molar-refractivity contribution in [2.75, 3.05) is 31.1 Å². The van der Waals surface area contributed by atoms with Crippen LogP contribution < -0.4 is 9.79 Å². The van der Waals surface area contributed by atoms with Crippen LogP contribution in [-0.2, 0) is 9.68 Å². The minimum atomic E-state index is -0.416. The van der Waals surface area contributed by atoms with Crippen molar-refractivity contribution in [3.05, 3.63) is 48.4 Å². The Labute approximate surface area is 152 Å². The first-order valence-electron chi connectivity index (χ1n) is 8.61. The molecular weight excluding hydrogens is 336 g/mol. The summed E-state index contributed by atoms with van der Waals surface area (Å²) in [5.41, 5.74) is 0.952. The summed E-state index contributed by atoms with van der Waals surface area (Å²) in [6, 6.07) is 10.7. The molecule has 1 saturated heterocycles. The topological polar surface area (TPSA) is 72.2 Å². The number of carbonyl (C=O) groups is 2. The molecule has 7 heteroatoms. The lowest BCUT2D eigenvalue weighted by atomic mass is 10.2. The number of furan rings is 1. The average molecular weight is 358 g/mol. The number of amides is 1. The lowest BCUT2D eigenvalue weighted by Crippen LogP contribution is -2.48. The summed E-state index contributed by atoms with van der Waals surface area (Å²) in [6.07, 6.45) is 1.50. The van der Waals surface area contributed by atoms with E-state index < -0.39 is 5.97 Å². The van der Waals surface area contributed by atoms with E-state index in [1.807, 2.05) is 18.2 Å². The molecule has 0 saturated carbocycles. The van der Waals surface area contributed by atoms with E-state index in [0.29, 0.717) is 37.7 Å². The Bertz CT molecular complexity index is 749. The van der Waals surface area contributed by atoms with Gasteiger partial charge in [-0.25, -0.2) is 4.79 Å². The second kappa shape index (κ2) is 7.95. The van der Waals surface area contributed by atoms with Crippen LogP contribution in [-0.4, -0.2) is 43.0 Å². The Kier molecular flexibility index (Phi) is 5.46. The number of hydrogen-bond acceptors (Lipinski definition) is 6. The smallest absolute Gasteiger partial charge is 0.357 e. The summed E-state index contributed by atoms with van der Waals surface area (Å²) in [4.78, 5) is 37.7. The van der Waals surface area contributed by atoms with Crippen LogP contribution in [0.4, 0.5) is 5.69 Å². The number of carbonyl (C=O) groups excluding carboxylic acids is 2. The first-order valence-corrected chi connectivity index (χ1v) is 8.61. The van der Waals surface area contributed by atoms with Crippen LogP contribution >= 0.6 is 0 Å². The molecule has 138 valence electrons. The third kappa shape index (κ3) is 4.17. The van der Waals surface area contributed by atoms with Gasteiger partial charge in [0.2, 0.25) is 0 Å². The maximum atomic E-state index is 12.3. The maximum absolute atomic E-state index is 12.3. The van der Waals surface area contributed by atoms with Gasteiger partial charge in [0.25, 0.3) is 5.91 Å². The molecule has 1 amide bonds. The Morgan fingerprint density at radius 1 is 1.08 bits per heavy atom. The molecule has 0 unspecified atom stereocenters. The predicted molar refractivity (Wildman–Crippen MR) is 94.8 cm³/mol. The van der Waals surface area contributed by atoms with Gasteiger partial charge >= 0.3 is 5.97 Å². The van der Waals surface area contributed by atoms with Crippen LogP contribution in [0, 0.1) is 5.92 Å². The number of anilines is 1. The van der Waals surface area contributed by atoms with E-state index in [-0.39, 0.29) is 11.8 Å². The molecule has 3 rings (SSSR count). The van der Waals surface area contributed by atoms with Crippen LogP contribution in [0.5, 0.6) is 5.75 Å². The molecule has 1 aromatic heterocycles. The molecular formula is C19H22N2O5. The molecule has 1 fully saturated rings. The lowest BCUT2D eigenvalue weighted by molar-refractivity contribution is -0.217. The van der Waals surface area contributed by atoms with Crippen molar-refractivity contribution in [2.24, 2.45) is 5.92 Å². The molecule has 2 heterocycles. The van der Waals surface area contributed by atoms with Gasteiger partial charge in [0.15, 0.2) is 11.5 Å². The van der Waals surface area contributed by atoms with E-state index in [1.165, 1.54) is 6.26 Å². The molecule has 1 aromatic carbocycles. The molecule has 0 bridgehead atoms. The largest absolute Gasteiger partial charge is 0.459 e. The molecule has 2 aromatic rings. The van der Waals surface area contributed by atoms with Gasteiger partial charge < -0.3 is 14.2 Å². The Hall–Kier alpha value is -2.96. The third-order valence-corrected chi connectivity index (χ3v) is 4.17. The van der Waals surface area contributed by atoms with E-state index in [1.54, 1.807) is 36.9 Å². The zero-order chi connectivity index (χ0) is 18.5. The Balaban J connectivity index is 1.56. The molecule has 0 spiro atoms. The maximum Gasteiger partial charge on any atom is 0.357 e. The SMILES string of the molecule is CC(C)C(=O)OOc1cccc(N2CCN(C(=O)c3ccco3)CC2)c1. The second-order valence-corrected chi connectivity index (χ2v) is 6.39. The first kappa shape index (κ1) is 17.8. The van der Waals surface area contributed by atoms with Crippen molar-refractivity contribution in [1.82, 2.24) is 4.90 Å². The Morgan fingerprint density at radius 2 is 1.85 bits per heavy atom. The molecule has 26 heavy (non-hydrogen) atoms. The van der Waals surface area contributed by atoms with Crippen LogP contribution in [0.1, 0.15) is 24.4 Å². The van der Waals surface area contributed by atoms with Crippen LogP contribution in [0.2, 0.25) is 0 Å². The fourth-order valence-corrected chi connectivity index (χ4v) is 2.64. The van der Waals surface area contributed by atoms with Crippen LogP contribution in [0.25, 0.3) is 0 Å². The van der Waals surface area contributed by atoms with E-state index in [4.69, 9.17) is 14.2 Å².